The van der Waals surface area contributed by atoms with Crippen LogP contribution in [0.4, 0.5) is 0 Å². The lowest BCUT2D eigenvalue weighted by Gasteiger charge is -2.20. The second-order valence-corrected chi connectivity index (χ2v) is 16.3. The summed E-state index contributed by atoms with van der Waals surface area (Å²) >= 11 is 0. The molecule has 0 saturated heterocycles. The van der Waals surface area contributed by atoms with Gasteiger partial charge in [0, 0.05) is 19.6 Å². The van der Waals surface area contributed by atoms with Crippen LogP contribution in [-0.2, 0) is 27.9 Å². The molecule has 0 aromatic heterocycles. The van der Waals surface area contributed by atoms with Crippen LogP contribution in [0, 0.1) is 0 Å². The summed E-state index contributed by atoms with van der Waals surface area (Å²) in [4.78, 5) is 22.6. The van der Waals surface area contributed by atoms with Gasteiger partial charge >= 0.3 is 13.8 Å². The molecule has 8 nitrogen and oxygen atoms in total. The smallest absolute Gasteiger partial charge is 0.457 e. The average molecular weight is 856 g/mol. The minimum Gasteiger partial charge on any atom is -0.457 e. The first-order valence-corrected chi connectivity index (χ1v) is 24.9. The van der Waals surface area contributed by atoms with Crippen LogP contribution in [0.25, 0.3) is 0 Å². The number of unbranched alkanes of at least 4 members (excludes halogenated alkanes) is 12. The quantitative estimate of drug-likeness (QED) is 0.0269. The van der Waals surface area contributed by atoms with Gasteiger partial charge in [-0.3, -0.25) is 13.8 Å². The molecular formula is C51H86NO7P. The third-order valence-corrected chi connectivity index (χ3v) is 10.2. The lowest BCUT2D eigenvalue weighted by atomic mass is 10.1. The maximum Gasteiger partial charge on any atom is 0.472 e. The van der Waals surface area contributed by atoms with Crippen LogP contribution in [0.5, 0.6) is 0 Å². The Balaban J connectivity index is 4.10. The first-order valence-electron chi connectivity index (χ1n) is 23.4. The second-order valence-electron chi connectivity index (χ2n) is 14.9. The van der Waals surface area contributed by atoms with Gasteiger partial charge < -0.3 is 20.1 Å². The van der Waals surface area contributed by atoms with Crippen molar-refractivity contribution in [3.8, 4) is 0 Å². The Morgan fingerprint density at radius 3 is 1.32 bits per heavy atom. The van der Waals surface area contributed by atoms with Gasteiger partial charge in [-0.15, -0.1) is 0 Å². The summed E-state index contributed by atoms with van der Waals surface area (Å²) in [5.41, 5.74) is 5.38. The fourth-order valence-corrected chi connectivity index (χ4v) is 6.60. The van der Waals surface area contributed by atoms with Gasteiger partial charge in [-0.05, 0) is 96.3 Å². The fraction of sp³-hybridized carbons (Fsp3) is 0.627. The van der Waals surface area contributed by atoms with Crippen molar-refractivity contribution in [2.24, 2.45) is 5.73 Å². The Hall–Kier alpha value is -2.84. The summed E-state index contributed by atoms with van der Waals surface area (Å²) in [5, 5.41) is 0. The Kier molecular flexibility index (Phi) is 45.0. The lowest BCUT2D eigenvalue weighted by Crippen LogP contribution is -2.28. The van der Waals surface area contributed by atoms with Gasteiger partial charge in [-0.2, -0.15) is 0 Å². The SMILES string of the molecule is CC/C=C\C/C=C\C/C=C\C/C=C\C/C=C\CCCCCCCC(=O)OC(COCCCCCCCCC/C=C\C/C=C\C/C=C\C/C=C\CC)COP(=O)(O)OCCN. The Morgan fingerprint density at radius 1 is 0.500 bits per heavy atom. The molecule has 2 atom stereocenters. The number of carbonyl (C=O) groups is 1. The van der Waals surface area contributed by atoms with Crippen molar-refractivity contribution in [2.45, 2.75) is 174 Å². The third kappa shape index (κ3) is 46.2. The summed E-state index contributed by atoms with van der Waals surface area (Å²) < 4.78 is 33.5. The zero-order valence-electron chi connectivity index (χ0n) is 37.9. The van der Waals surface area contributed by atoms with Crippen LogP contribution in [0.15, 0.2) is 109 Å². The normalized spacial score (nSPS) is 14.4. The van der Waals surface area contributed by atoms with Gasteiger partial charge in [-0.25, -0.2) is 4.57 Å². The van der Waals surface area contributed by atoms with Crippen molar-refractivity contribution in [1.82, 2.24) is 0 Å². The van der Waals surface area contributed by atoms with Gasteiger partial charge in [0.1, 0.15) is 6.10 Å². The van der Waals surface area contributed by atoms with Gasteiger partial charge in [0.25, 0.3) is 0 Å². The van der Waals surface area contributed by atoms with E-state index in [9.17, 15) is 14.3 Å². The van der Waals surface area contributed by atoms with Crippen molar-refractivity contribution < 1.29 is 32.8 Å². The molecule has 0 aliphatic heterocycles. The van der Waals surface area contributed by atoms with Gasteiger partial charge in [0.05, 0.1) is 19.8 Å². The third-order valence-electron chi connectivity index (χ3n) is 9.19. The molecule has 0 amide bonds. The van der Waals surface area contributed by atoms with Crippen LogP contribution < -0.4 is 5.73 Å². The van der Waals surface area contributed by atoms with Crippen LogP contribution >= 0.6 is 7.82 Å². The van der Waals surface area contributed by atoms with E-state index in [1.807, 2.05) is 0 Å². The molecule has 0 radical (unpaired) electrons. The minimum atomic E-state index is -4.30. The summed E-state index contributed by atoms with van der Waals surface area (Å²) in [6.07, 6.45) is 63.9. The average Bonchev–Trinajstić information content (AvgIpc) is 3.24. The van der Waals surface area contributed by atoms with Crippen LogP contribution in [0.2, 0.25) is 0 Å². The number of nitrogens with two attached hydrogens (primary N) is 1. The second kappa shape index (κ2) is 47.2. The number of hydrogen-bond acceptors (Lipinski definition) is 7. The van der Waals surface area contributed by atoms with Gasteiger partial charge in [0.15, 0.2) is 0 Å². The highest BCUT2D eigenvalue weighted by atomic mass is 31.2. The molecule has 0 aliphatic rings. The number of hydrogen-bond donors (Lipinski definition) is 2. The first kappa shape index (κ1) is 57.2. The topological polar surface area (TPSA) is 117 Å². The van der Waals surface area contributed by atoms with Crippen molar-refractivity contribution >= 4 is 13.8 Å². The zero-order chi connectivity index (χ0) is 43.7. The maximum absolute atomic E-state index is 12.6. The molecule has 0 saturated carbocycles. The molecule has 0 fully saturated rings. The Bertz CT molecular complexity index is 1280. The fourth-order valence-electron chi connectivity index (χ4n) is 5.84. The van der Waals surface area contributed by atoms with Crippen LogP contribution in [0.3, 0.4) is 0 Å². The number of rotatable bonds is 43. The highest BCUT2D eigenvalue weighted by Gasteiger charge is 2.25. The molecular weight excluding hydrogens is 770 g/mol. The molecule has 3 N–H and O–H groups in total. The van der Waals surface area contributed by atoms with Crippen molar-refractivity contribution in [2.75, 3.05) is 33.0 Å². The standard InChI is InChI=1S/C51H86NO7P/c1-3-5-7-9-11-13-15-17-19-21-23-25-26-28-30-32-34-36-38-40-42-44-51(53)59-50(49-58-60(54,55)57-47-45-52)48-56-46-43-41-39-37-35-33-31-29-27-24-22-20-18-16-14-12-10-8-6-4-2/h5-8,11-14,17-20,23-25,27-28,30,50H,3-4,9-10,15-16,21-22,26,29,31-49,52H2,1-2H3,(H,54,55)/b7-5-,8-6-,13-11-,14-12-,19-17-,20-18-,25-23-,27-24-,30-28-. The van der Waals surface area contributed by atoms with E-state index in [-0.39, 0.29) is 38.8 Å². The molecule has 0 aromatic rings. The first-order chi connectivity index (χ1) is 29.4. The molecule has 342 valence electrons. The van der Waals surface area contributed by atoms with E-state index in [4.69, 9.17) is 24.3 Å². The van der Waals surface area contributed by atoms with E-state index >= 15 is 0 Å². The van der Waals surface area contributed by atoms with E-state index in [0.29, 0.717) is 6.61 Å². The van der Waals surface area contributed by atoms with E-state index in [1.54, 1.807) is 0 Å². The number of phosphoric acid groups is 1. The van der Waals surface area contributed by atoms with E-state index < -0.39 is 13.9 Å². The predicted octanol–water partition coefficient (Wildman–Crippen LogP) is 14.4. The molecule has 0 rings (SSSR count). The van der Waals surface area contributed by atoms with Crippen LogP contribution in [-0.4, -0.2) is 49.9 Å². The van der Waals surface area contributed by atoms with Crippen molar-refractivity contribution in [3.05, 3.63) is 109 Å². The maximum atomic E-state index is 12.6. The molecule has 0 heterocycles. The molecule has 60 heavy (non-hydrogen) atoms. The lowest BCUT2D eigenvalue weighted by molar-refractivity contribution is -0.154. The minimum absolute atomic E-state index is 0.0881. The molecule has 0 aliphatic carbocycles. The Morgan fingerprint density at radius 2 is 0.883 bits per heavy atom. The zero-order valence-corrected chi connectivity index (χ0v) is 38.8. The van der Waals surface area contributed by atoms with E-state index in [1.165, 1.54) is 25.7 Å². The number of carbonyl (C=O) groups excluding carboxylic acids is 1. The number of esters is 1. The number of ether oxygens (including phenoxy) is 2. The largest absolute Gasteiger partial charge is 0.472 e. The number of allylic oxidation sites excluding steroid dienone is 18. The monoisotopic (exact) mass is 856 g/mol. The highest BCUT2D eigenvalue weighted by molar-refractivity contribution is 7.47. The molecule has 9 heteroatoms. The summed E-state index contributed by atoms with van der Waals surface area (Å²) in [5.74, 6) is -0.358. The molecule has 0 bridgehead atoms. The van der Waals surface area contributed by atoms with Crippen molar-refractivity contribution in [1.29, 1.82) is 0 Å². The highest BCUT2D eigenvalue weighted by Crippen LogP contribution is 2.43. The predicted molar refractivity (Wildman–Crippen MR) is 256 cm³/mol. The van der Waals surface area contributed by atoms with E-state index in [0.717, 1.165) is 122 Å². The summed E-state index contributed by atoms with van der Waals surface area (Å²) in [7, 11) is -4.30. The summed E-state index contributed by atoms with van der Waals surface area (Å²) in [6, 6.07) is 0. The Labute approximate surface area is 367 Å². The van der Waals surface area contributed by atoms with Gasteiger partial charge in [0.2, 0.25) is 0 Å². The number of phosphoric ester groups is 1. The molecule has 0 aromatic carbocycles. The molecule has 0 spiro atoms. The van der Waals surface area contributed by atoms with Gasteiger partial charge in [-0.1, -0.05) is 175 Å². The van der Waals surface area contributed by atoms with Crippen LogP contribution in [0.1, 0.15) is 168 Å². The van der Waals surface area contributed by atoms with E-state index in [2.05, 4.69) is 123 Å². The molecule has 2 unspecified atom stereocenters. The van der Waals surface area contributed by atoms with Crippen molar-refractivity contribution in [3.63, 3.8) is 0 Å². The summed E-state index contributed by atoms with van der Waals surface area (Å²) in [6.45, 7) is 4.62.